The van der Waals surface area contributed by atoms with Crippen molar-refractivity contribution in [1.29, 1.82) is 0 Å². The van der Waals surface area contributed by atoms with E-state index in [-0.39, 0.29) is 28.5 Å². The molecule has 0 bridgehead atoms. The van der Waals surface area contributed by atoms with Gasteiger partial charge in [-0.2, -0.15) is 0 Å². The average molecular weight is 374 g/mol. The van der Waals surface area contributed by atoms with Crippen LogP contribution in [0.3, 0.4) is 0 Å². The van der Waals surface area contributed by atoms with Crippen molar-refractivity contribution in [3.8, 4) is 0 Å². The van der Waals surface area contributed by atoms with Gasteiger partial charge in [-0.15, -0.1) is 0 Å². The SMILES string of the molecule is CC(=O)O[C@]1(C)/C=C2/C(=O)C(C)=C[C@@]2(O)C(=O)[C@H](C)C[C@@H]2[C@H](CC1)C2(C)C. The Kier molecular flexibility index (Phi) is 4.54. The minimum absolute atomic E-state index is 0.0235. The summed E-state index contributed by atoms with van der Waals surface area (Å²) in [5, 5.41) is 11.2. The van der Waals surface area contributed by atoms with Crippen LogP contribution in [0.15, 0.2) is 23.3 Å². The Bertz CT molecular complexity index is 774. The van der Waals surface area contributed by atoms with Gasteiger partial charge in [-0.1, -0.05) is 20.8 Å². The second kappa shape index (κ2) is 6.13. The summed E-state index contributed by atoms with van der Waals surface area (Å²) in [7, 11) is 0. The van der Waals surface area contributed by atoms with Crippen LogP contribution in [0.4, 0.5) is 0 Å². The van der Waals surface area contributed by atoms with Gasteiger partial charge in [0.1, 0.15) is 5.60 Å². The summed E-state index contributed by atoms with van der Waals surface area (Å²) >= 11 is 0. The molecule has 0 unspecified atom stereocenters. The monoisotopic (exact) mass is 374 g/mol. The number of ketones is 2. The zero-order valence-corrected chi connectivity index (χ0v) is 17.1. The highest BCUT2D eigenvalue weighted by atomic mass is 16.6. The molecule has 3 aliphatic carbocycles. The number of carbonyl (C=O) groups is 3. The molecule has 1 N–H and O–H groups in total. The predicted octanol–water partition coefficient (Wildman–Crippen LogP) is 3.16. The van der Waals surface area contributed by atoms with E-state index < -0.39 is 17.2 Å². The van der Waals surface area contributed by atoms with Crippen molar-refractivity contribution in [3.63, 3.8) is 0 Å². The maximum absolute atomic E-state index is 13.2. The lowest BCUT2D eigenvalue weighted by atomic mass is 9.81. The smallest absolute Gasteiger partial charge is 0.303 e. The second-order valence-electron chi connectivity index (χ2n) is 9.46. The Labute approximate surface area is 160 Å². The first-order valence-corrected chi connectivity index (χ1v) is 9.75. The molecule has 27 heavy (non-hydrogen) atoms. The molecule has 148 valence electrons. The summed E-state index contributed by atoms with van der Waals surface area (Å²) in [6.45, 7) is 10.9. The van der Waals surface area contributed by atoms with Gasteiger partial charge in [0.2, 0.25) is 0 Å². The largest absolute Gasteiger partial charge is 0.455 e. The van der Waals surface area contributed by atoms with Gasteiger partial charge in [0.25, 0.3) is 0 Å². The molecule has 3 rings (SSSR count). The number of rotatable bonds is 1. The first-order chi connectivity index (χ1) is 12.3. The van der Waals surface area contributed by atoms with E-state index >= 15 is 0 Å². The van der Waals surface area contributed by atoms with E-state index in [0.29, 0.717) is 30.3 Å². The summed E-state index contributed by atoms with van der Waals surface area (Å²) in [5.41, 5.74) is -2.50. The maximum atomic E-state index is 13.2. The van der Waals surface area contributed by atoms with E-state index in [1.807, 2.05) is 6.92 Å². The van der Waals surface area contributed by atoms with Crippen LogP contribution in [0.5, 0.6) is 0 Å². The number of ether oxygens (including phenoxy) is 1. The van der Waals surface area contributed by atoms with E-state index in [0.717, 1.165) is 6.42 Å². The molecule has 0 aromatic heterocycles. The van der Waals surface area contributed by atoms with Gasteiger partial charge in [0.05, 0.1) is 0 Å². The van der Waals surface area contributed by atoms with Crippen molar-refractivity contribution in [1.82, 2.24) is 0 Å². The molecular formula is C22H30O5. The molecule has 0 radical (unpaired) electrons. The Morgan fingerprint density at radius 3 is 2.41 bits per heavy atom. The highest BCUT2D eigenvalue weighted by molar-refractivity contribution is 6.19. The number of hydrogen-bond donors (Lipinski definition) is 1. The van der Waals surface area contributed by atoms with Gasteiger partial charge in [0, 0.05) is 18.4 Å². The van der Waals surface area contributed by atoms with Gasteiger partial charge in [-0.3, -0.25) is 14.4 Å². The van der Waals surface area contributed by atoms with E-state index in [4.69, 9.17) is 4.74 Å². The van der Waals surface area contributed by atoms with Crippen molar-refractivity contribution in [2.75, 3.05) is 0 Å². The number of esters is 1. The lowest BCUT2D eigenvalue weighted by Gasteiger charge is -2.30. The van der Waals surface area contributed by atoms with Gasteiger partial charge in [-0.25, -0.2) is 0 Å². The van der Waals surface area contributed by atoms with Gasteiger partial charge in [-0.05, 0) is 68.1 Å². The van der Waals surface area contributed by atoms with Crippen LogP contribution in [0, 0.1) is 23.2 Å². The van der Waals surface area contributed by atoms with Crippen LogP contribution in [0.2, 0.25) is 0 Å². The number of allylic oxidation sites excluding steroid dienone is 1. The van der Waals surface area contributed by atoms with Crippen molar-refractivity contribution >= 4 is 17.5 Å². The molecule has 0 amide bonds. The quantitative estimate of drug-likeness (QED) is 0.713. The molecule has 3 aliphatic rings. The summed E-state index contributed by atoms with van der Waals surface area (Å²) in [4.78, 5) is 37.6. The lowest BCUT2D eigenvalue weighted by molar-refractivity contribution is -0.151. The van der Waals surface area contributed by atoms with Gasteiger partial charge in [0.15, 0.2) is 17.2 Å². The average Bonchev–Trinajstić information content (AvgIpc) is 2.98. The molecule has 0 saturated heterocycles. The number of aliphatic hydroxyl groups is 1. The highest BCUT2D eigenvalue weighted by Gasteiger charge is 2.59. The fraction of sp³-hybridized carbons (Fsp3) is 0.682. The molecule has 1 fully saturated rings. The summed E-state index contributed by atoms with van der Waals surface area (Å²) in [6, 6.07) is 0. The molecule has 0 aliphatic heterocycles. The third-order valence-corrected chi connectivity index (χ3v) is 6.94. The Morgan fingerprint density at radius 2 is 1.81 bits per heavy atom. The van der Waals surface area contributed by atoms with Crippen LogP contribution in [0.1, 0.15) is 60.8 Å². The van der Waals surface area contributed by atoms with Crippen LogP contribution >= 0.6 is 0 Å². The Balaban J connectivity index is 2.11. The third kappa shape index (κ3) is 3.20. The summed E-state index contributed by atoms with van der Waals surface area (Å²) < 4.78 is 5.57. The number of hydrogen-bond acceptors (Lipinski definition) is 5. The zero-order valence-electron chi connectivity index (χ0n) is 17.1. The molecule has 0 spiro atoms. The van der Waals surface area contributed by atoms with E-state index in [9.17, 15) is 19.5 Å². The second-order valence-corrected chi connectivity index (χ2v) is 9.46. The Morgan fingerprint density at radius 1 is 1.19 bits per heavy atom. The fourth-order valence-corrected chi connectivity index (χ4v) is 5.21. The summed E-state index contributed by atoms with van der Waals surface area (Å²) in [5.74, 6) is -0.713. The van der Waals surface area contributed by atoms with Crippen molar-refractivity contribution < 1.29 is 24.2 Å². The molecule has 5 nitrogen and oxygen atoms in total. The minimum atomic E-state index is -1.94. The predicted molar refractivity (Wildman–Crippen MR) is 101 cm³/mol. The molecule has 0 aromatic carbocycles. The topological polar surface area (TPSA) is 80.7 Å². The minimum Gasteiger partial charge on any atom is -0.455 e. The molecule has 0 heterocycles. The number of Topliss-reactive ketones (excluding diaryl/α,β-unsaturated/α-hetero) is 2. The number of fused-ring (bicyclic) bond motifs is 2. The molecule has 5 heteroatoms. The molecule has 1 saturated carbocycles. The fourth-order valence-electron chi connectivity index (χ4n) is 5.21. The maximum Gasteiger partial charge on any atom is 0.303 e. The summed E-state index contributed by atoms with van der Waals surface area (Å²) in [6.07, 6.45) is 4.96. The van der Waals surface area contributed by atoms with Crippen LogP contribution in [-0.2, 0) is 19.1 Å². The standard InChI is InChI=1S/C22H30O5/c1-12-9-16-15(20(16,4)5)7-8-21(6,27-14(3)23)11-17-18(24)13(2)10-22(17,26)19(12)25/h10-12,15-16,26H,7-9H2,1-6H3/b17-11-/t12-,15+,16-,21+,22+/m1/s1. The van der Waals surface area contributed by atoms with E-state index in [1.165, 1.54) is 19.1 Å². The van der Waals surface area contributed by atoms with Crippen molar-refractivity contribution in [3.05, 3.63) is 23.3 Å². The van der Waals surface area contributed by atoms with Crippen LogP contribution in [0.25, 0.3) is 0 Å². The molecule has 0 aromatic rings. The van der Waals surface area contributed by atoms with E-state index in [1.54, 1.807) is 13.8 Å². The van der Waals surface area contributed by atoms with Gasteiger partial charge >= 0.3 is 5.97 Å². The van der Waals surface area contributed by atoms with E-state index in [2.05, 4.69) is 13.8 Å². The van der Waals surface area contributed by atoms with Crippen LogP contribution in [-0.4, -0.2) is 33.8 Å². The molecular weight excluding hydrogens is 344 g/mol. The third-order valence-electron chi connectivity index (χ3n) is 6.94. The zero-order chi connectivity index (χ0) is 20.4. The Hall–Kier alpha value is -1.75. The molecule has 5 atom stereocenters. The van der Waals surface area contributed by atoms with Crippen molar-refractivity contribution in [2.45, 2.75) is 72.0 Å². The first kappa shape index (κ1) is 20.0. The first-order valence-electron chi connectivity index (χ1n) is 9.75. The van der Waals surface area contributed by atoms with Gasteiger partial charge < -0.3 is 9.84 Å². The van der Waals surface area contributed by atoms with Crippen molar-refractivity contribution in [2.24, 2.45) is 23.2 Å². The lowest BCUT2D eigenvalue weighted by Crippen LogP contribution is -2.43. The normalized spacial score (nSPS) is 42.9. The number of carbonyl (C=O) groups excluding carboxylic acids is 3. The van der Waals surface area contributed by atoms with Crippen LogP contribution < -0.4 is 0 Å². The highest BCUT2D eigenvalue weighted by Crippen LogP contribution is 2.63.